The van der Waals surface area contributed by atoms with E-state index in [4.69, 9.17) is 11.6 Å². The Morgan fingerprint density at radius 3 is 2.27 bits per heavy atom. The van der Waals surface area contributed by atoms with Gasteiger partial charge in [0.1, 0.15) is 0 Å². The Bertz CT molecular complexity index is 1090. The van der Waals surface area contributed by atoms with Gasteiger partial charge in [0.05, 0.1) is 11.3 Å². The molecule has 0 unspecified atom stereocenters. The Morgan fingerprint density at radius 1 is 0.933 bits per heavy atom. The number of aromatic nitrogens is 2. The number of hydrogen-bond acceptors (Lipinski definition) is 4. The summed E-state index contributed by atoms with van der Waals surface area (Å²) in [6.07, 6.45) is -4.37. The van der Waals surface area contributed by atoms with Gasteiger partial charge in [-0.3, -0.25) is 9.78 Å². The molecule has 3 aromatic rings. The van der Waals surface area contributed by atoms with Crippen molar-refractivity contribution in [3.05, 3.63) is 75.5 Å². The minimum atomic E-state index is -4.37. The molecule has 1 aromatic heterocycles. The van der Waals surface area contributed by atoms with Crippen LogP contribution >= 0.6 is 11.6 Å². The molecule has 1 N–H and O–H groups in total. The first-order valence-electron chi connectivity index (χ1n) is 9.34. The molecule has 1 aliphatic heterocycles. The molecule has 1 aliphatic rings. The van der Waals surface area contributed by atoms with E-state index in [9.17, 15) is 18.0 Å². The number of piperazine rings is 1. The Kier molecular flexibility index (Phi) is 5.42. The summed E-state index contributed by atoms with van der Waals surface area (Å²) in [5.74, 6) is 0.441. The molecule has 0 atom stereocenters. The number of H-pyrrole nitrogens is 1. The van der Waals surface area contributed by atoms with Gasteiger partial charge in [-0.05, 0) is 30.3 Å². The largest absolute Gasteiger partial charge is 0.416 e. The summed E-state index contributed by atoms with van der Waals surface area (Å²) in [6.45, 7) is 2.05. The van der Waals surface area contributed by atoms with Crippen molar-refractivity contribution in [2.45, 2.75) is 6.18 Å². The highest BCUT2D eigenvalue weighted by Gasteiger charge is 2.31. The van der Waals surface area contributed by atoms with Gasteiger partial charge in [-0.2, -0.15) is 13.2 Å². The fraction of sp³-hybridized carbons (Fsp3) is 0.238. The zero-order valence-corrected chi connectivity index (χ0v) is 16.5. The quantitative estimate of drug-likeness (QED) is 0.662. The maximum absolute atomic E-state index is 13.0. The first kappa shape index (κ1) is 20.3. The van der Waals surface area contributed by atoms with Crippen LogP contribution in [0.3, 0.4) is 0 Å². The lowest BCUT2D eigenvalue weighted by Crippen LogP contribution is -2.47. The van der Waals surface area contributed by atoms with E-state index in [1.54, 1.807) is 30.3 Å². The first-order valence-corrected chi connectivity index (χ1v) is 9.72. The number of rotatable bonds is 3. The summed E-state index contributed by atoms with van der Waals surface area (Å²) in [5, 5.41) is 0.592. The van der Waals surface area contributed by atoms with Crippen molar-refractivity contribution in [1.82, 2.24) is 9.97 Å². The fourth-order valence-corrected chi connectivity index (χ4v) is 3.54. The van der Waals surface area contributed by atoms with Gasteiger partial charge in [0, 0.05) is 48.5 Å². The summed E-state index contributed by atoms with van der Waals surface area (Å²) in [5.41, 5.74) is 0.898. The van der Waals surface area contributed by atoms with Crippen LogP contribution in [-0.4, -0.2) is 36.1 Å². The van der Waals surface area contributed by atoms with E-state index in [0.29, 0.717) is 48.5 Å². The number of alkyl halides is 3. The van der Waals surface area contributed by atoms with Crippen molar-refractivity contribution in [2.75, 3.05) is 36.0 Å². The molecule has 5 nitrogen and oxygen atoms in total. The summed E-state index contributed by atoms with van der Waals surface area (Å²) in [7, 11) is 0. The van der Waals surface area contributed by atoms with Gasteiger partial charge in [-0.25, -0.2) is 4.98 Å². The SMILES string of the molecule is O=c1cc(-c2ccc(Cl)cc2)nc(N2CCN(c3cccc(C(F)(F)F)c3)CC2)[nH]1. The Hall–Kier alpha value is -3.00. The third kappa shape index (κ3) is 4.43. The molecule has 0 radical (unpaired) electrons. The van der Waals surface area contributed by atoms with Gasteiger partial charge in [0.25, 0.3) is 5.56 Å². The summed E-state index contributed by atoms with van der Waals surface area (Å²) >= 11 is 5.92. The van der Waals surface area contributed by atoms with Crippen molar-refractivity contribution in [3.63, 3.8) is 0 Å². The molecule has 0 spiro atoms. The number of halogens is 4. The topological polar surface area (TPSA) is 52.2 Å². The van der Waals surface area contributed by atoms with Gasteiger partial charge in [-0.15, -0.1) is 0 Å². The minimum Gasteiger partial charge on any atom is -0.368 e. The molecule has 0 bridgehead atoms. The van der Waals surface area contributed by atoms with Gasteiger partial charge in [0.2, 0.25) is 5.95 Å². The number of nitrogens with one attached hydrogen (secondary N) is 1. The molecule has 9 heteroatoms. The molecule has 2 heterocycles. The molecule has 1 saturated heterocycles. The van der Waals surface area contributed by atoms with E-state index >= 15 is 0 Å². The zero-order chi connectivity index (χ0) is 21.3. The monoisotopic (exact) mass is 434 g/mol. The van der Waals surface area contributed by atoms with Crippen molar-refractivity contribution in [2.24, 2.45) is 0 Å². The van der Waals surface area contributed by atoms with E-state index in [2.05, 4.69) is 9.97 Å². The highest BCUT2D eigenvalue weighted by atomic mass is 35.5. The maximum Gasteiger partial charge on any atom is 0.416 e. The van der Waals surface area contributed by atoms with Crippen LogP contribution < -0.4 is 15.4 Å². The number of anilines is 2. The van der Waals surface area contributed by atoms with Crippen LogP contribution in [0.2, 0.25) is 5.02 Å². The smallest absolute Gasteiger partial charge is 0.368 e. The van der Waals surface area contributed by atoms with Crippen LogP contribution in [0.4, 0.5) is 24.8 Å². The second kappa shape index (κ2) is 8.02. The van der Waals surface area contributed by atoms with Crippen molar-refractivity contribution in [1.29, 1.82) is 0 Å². The van der Waals surface area contributed by atoms with Crippen LogP contribution in [0.25, 0.3) is 11.3 Å². The normalized spacial score (nSPS) is 14.8. The molecule has 0 aliphatic carbocycles. The molecule has 4 rings (SSSR count). The average Bonchev–Trinajstić information content (AvgIpc) is 2.73. The highest BCUT2D eigenvalue weighted by molar-refractivity contribution is 6.30. The average molecular weight is 435 g/mol. The van der Waals surface area contributed by atoms with Crippen LogP contribution in [0, 0.1) is 0 Å². The third-order valence-electron chi connectivity index (χ3n) is 4.99. The second-order valence-electron chi connectivity index (χ2n) is 6.98. The van der Waals surface area contributed by atoms with Crippen LogP contribution in [0.15, 0.2) is 59.4 Å². The van der Waals surface area contributed by atoms with E-state index in [-0.39, 0.29) is 5.56 Å². The highest BCUT2D eigenvalue weighted by Crippen LogP contribution is 2.32. The van der Waals surface area contributed by atoms with Crippen molar-refractivity contribution < 1.29 is 13.2 Å². The predicted molar refractivity (Wildman–Crippen MR) is 111 cm³/mol. The Balaban J connectivity index is 1.51. The number of nitrogens with zero attached hydrogens (tertiary/aromatic N) is 3. The predicted octanol–water partition coefficient (Wildman–Crippen LogP) is 4.44. The van der Waals surface area contributed by atoms with Crippen molar-refractivity contribution >= 4 is 23.2 Å². The Morgan fingerprint density at radius 2 is 1.60 bits per heavy atom. The molecular weight excluding hydrogens is 417 g/mol. The van der Waals surface area contributed by atoms with Crippen LogP contribution in [0.1, 0.15) is 5.56 Å². The zero-order valence-electron chi connectivity index (χ0n) is 15.8. The molecule has 30 heavy (non-hydrogen) atoms. The lowest BCUT2D eigenvalue weighted by atomic mass is 10.1. The molecule has 2 aromatic carbocycles. The molecular formula is C21H18ClF3N4O. The van der Waals surface area contributed by atoms with E-state index < -0.39 is 11.7 Å². The number of hydrogen-bond donors (Lipinski definition) is 1. The van der Waals surface area contributed by atoms with Gasteiger partial charge >= 0.3 is 6.18 Å². The standard InChI is InChI=1S/C21H18ClF3N4O/c22-16-6-4-14(5-7-16)18-13-19(30)27-20(26-18)29-10-8-28(9-11-29)17-3-1-2-15(12-17)21(23,24)25/h1-7,12-13H,8-11H2,(H,26,27,30). The summed E-state index contributed by atoms with van der Waals surface area (Å²) in [4.78, 5) is 23.3. The molecule has 0 amide bonds. The lowest BCUT2D eigenvalue weighted by molar-refractivity contribution is -0.137. The summed E-state index contributed by atoms with van der Waals surface area (Å²) in [6, 6.07) is 13.8. The van der Waals surface area contributed by atoms with Gasteiger partial charge in [0.15, 0.2) is 0 Å². The van der Waals surface area contributed by atoms with E-state index in [0.717, 1.165) is 17.7 Å². The third-order valence-corrected chi connectivity index (χ3v) is 5.24. The lowest BCUT2D eigenvalue weighted by Gasteiger charge is -2.36. The molecule has 156 valence electrons. The fourth-order valence-electron chi connectivity index (χ4n) is 3.42. The van der Waals surface area contributed by atoms with E-state index in [1.807, 2.05) is 9.80 Å². The second-order valence-corrected chi connectivity index (χ2v) is 7.42. The van der Waals surface area contributed by atoms with Gasteiger partial charge in [-0.1, -0.05) is 29.8 Å². The first-order chi connectivity index (χ1) is 14.3. The minimum absolute atomic E-state index is 0.273. The Labute approximate surface area is 175 Å². The number of aromatic amines is 1. The molecule has 1 fully saturated rings. The van der Waals surface area contributed by atoms with Crippen molar-refractivity contribution in [3.8, 4) is 11.3 Å². The number of benzene rings is 2. The van der Waals surface area contributed by atoms with Gasteiger partial charge < -0.3 is 9.80 Å². The molecule has 0 saturated carbocycles. The maximum atomic E-state index is 13.0. The van der Waals surface area contributed by atoms with E-state index in [1.165, 1.54) is 12.1 Å². The van der Waals surface area contributed by atoms with Crippen LogP contribution in [-0.2, 0) is 6.18 Å². The van der Waals surface area contributed by atoms with Crippen LogP contribution in [0.5, 0.6) is 0 Å². The summed E-state index contributed by atoms with van der Waals surface area (Å²) < 4.78 is 38.9.